The predicted molar refractivity (Wildman–Crippen MR) is 144 cm³/mol. The van der Waals surface area contributed by atoms with Gasteiger partial charge in [0.2, 0.25) is 0 Å². The van der Waals surface area contributed by atoms with Crippen LogP contribution in [0, 0.1) is 19.7 Å². The average Bonchev–Trinajstić information content (AvgIpc) is 3.18. The maximum absolute atomic E-state index is 13.6. The maximum Gasteiger partial charge on any atom is 0.300 e. The summed E-state index contributed by atoms with van der Waals surface area (Å²) < 4.78 is 19.6. The molecule has 1 unspecified atom stereocenters. The molecule has 0 spiro atoms. The van der Waals surface area contributed by atoms with Crippen LogP contribution in [0.15, 0.2) is 103 Å². The number of aliphatic hydroxyl groups is 1. The van der Waals surface area contributed by atoms with E-state index in [1.807, 2.05) is 62.4 Å². The summed E-state index contributed by atoms with van der Waals surface area (Å²) in [5.41, 5.74) is 4.12. The average molecular weight is 508 g/mol. The van der Waals surface area contributed by atoms with Gasteiger partial charge in [0.25, 0.3) is 11.7 Å². The van der Waals surface area contributed by atoms with E-state index >= 15 is 0 Å². The first-order valence-corrected chi connectivity index (χ1v) is 12.2. The maximum atomic E-state index is 13.6. The van der Waals surface area contributed by atoms with Gasteiger partial charge in [0.05, 0.1) is 11.6 Å². The van der Waals surface area contributed by atoms with Gasteiger partial charge in [-0.2, -0.15) is 0 Å². The highest BCUT2D eigenvalue weighted by Crippen LogP contribution is 2.42. The van der Waals surface area contributed by atoms with Crippen LogP contribution < -0.4 is 9.64 Å². The smallest absolute Gasteiger partial charge is 0.300 e. The van der Waals surface area contributed by atoms with Gasteiger partial charge in [-0.15, -0.1) is 0 Å². The van der Waals surface area contributed by atoms with E-state index in [0.29, 0.717) is 29.2 Å². The highest BCUT2D eigenvalue weighted by atomic mass is 19.1. The van der Waals surface area contributed by atoms with E-state index < -0.39 is 23.5 Å². The Morgan fingerprint density at radius 3 is 2.32 bits per heavy atom. The van der Waals surface area contributed by atoms with Crippen LogP contribution in [-0.4, -0.2) is 16.8 Å². The molecule has 190 valence electrons. The van der Waals surface area contributed by atoms with Crippen LogP contribution in [0.25, 0.3) is 5.76 Å². The zero-order valence-corrected chi connectivity index (χ0v) is 21.0. The van der Waals surface area contributed by atoms with Crippen molar-refractivity contribution in [1.82, 2.24) is 0 Å². The minimum absolute atomic E-state index is 0.0257. The van der Waals surface area contributed by atoms with Crippen LogP contribution in [-0.2, 0) is 16.2 Å². The fraction of sp³-hybridized carbons (Fsp3) is 0.125. The molecular formula is C32H26FNO4. The van der Waals surface area contributed by atoms with Gasteiger partial charge in [-0.05, 0) is 73.0 Å². The van der Waals surface area contributed by atoms with E-state index in [-0.39, 0.29) is 11.3 Å². The number of halogens is 1. The number of hydrogen-bond donors (Lipinski definition) is 1. The van der Waals surface area contributed by atoms with E-state index in [1.165, 1.54) is 29.2 Å². The highest BCUT2D eigenvalue weighted by molar-refractivity contribution is 6.51. The normalized spacial score (nSPS) is 16.6. The zero-order chi connectivity index (χ0) is 26.8. The summed E-state index contributed by atoms with van der Waals surface area (Å²) in [5.74, 6) is -1.68. The number of rotatable bonds is 6. The summed E-state index contributed by atoms with van der Waals surface area (Å²) in [6.07, 6.45) is 0. The highest BCUT2D eigenvalue weighted by Gasteiger charge is 2.47. The first-order chi connectivity index (χ1) is 18.3. The number of aryl methyl sites for hydroxylation is 2. The largest absolute Gasteiger partial charge is 0.507 e. The Labute approximate surface area is 220 Å². The Kier molecular flexibility index (Phi) is 6.79. The lowest BCUT2D eigenvalue weighted by molar-refractivity contribution is -0.132. The lowest BCUT2D eigenvalue weighted by atomic mass is 9.94. The molecule has 1 heterocycles. The molecule has 38 heavy (non-hydrogen) atoms. The number of aliphatic hydroxyl groups excluding tert-OH is 1. The van der Waals surface area contributed by atoms with Crippen molar-refractivity contribution < 1.29 is 23.8 Å². The van der Waals surface area contributed by atoms with Gasteiger partial charge in [0, 0.05) is 11.3 Å². The van der Waals surface area contributed by atoms with Crippen LogP contribution in [0.3, 0.4) is 0 Å². The Bertz CT molecular complexity index is 1540. The van der Waals surface area contributed by atoms with Crippen molar-refractivity contribution in [1.29, 1.82) is 0 Å². The van der Waals surface area contributed by atoms with E-state index in [4.69, 9.17) is 4.74 Å². The van der Waals surface area contributed by atoms with Gasteiger partial charge in [-0.1, -0.05) is 60.2 Å². The zero-order valence-electron chi connectivity index (χ0n) is 21.0. The number of carbonyl (C=O) groups excluding carboxylic acids is 2. The van der Waals surface area contributed by atoms with Crippen molar-refractivity contribution in [3.05, 3.63) is 136 Å². The molecular weight excluding hydrogens is 481 g/mol. The molecule has 1 N–H and O–H groups in total. The predicted octanol–water partition coefficient (Wildman–Crippen LogP) is 6.65. The van der Waals surface area contributed by atoms with Crippen molar-refractivity contribution in [2.75, 3.05) is 4.90 Å². The second-order valence-electron chi connectivity index (χ2n) is 9.31. The molecule has 4 aromatic carbocycles. The van der Waals surface area contributed by atoms with Gasteiger partial charge >= 0.3 is 0 Å². The van der Waals surface area contributed by atoms with Gasteiger partial charge in [0.1, 0.15) is 23.9 Å². The summed E-state index contributed by atoms with van der Waals surface area (Å²) in [4.78, 5) is 27.9. The third-order valence-electron chi connectivity index (χ3n) is 6.59. The van der Waals surface area contributed by atoms with Crippen LogP contribution in [0.2, 0.25) is 0 Å². The number of nitrogens with zero attached hydrogens (tertiary/aromatic N) is 1. The SMILES string of the molecule is Cc1cccc(C2/C(=C(/O)c3ccc(OCc4ccccc4)c(C)c3)C(=O)C(=O)N2c2ccc(F)cc2)c1. The van der Waals surface area contributed by atoms with Crippen LogP contribution >= 0.6 is 0 Å². The fourth-order valence-corrected chi connectivity index (χ4v) is 4.71. The monoisotopic (exact) mass is 507 g/mol. The van der Waals surface area contributed by atoms with Crippen LogP contribution in [0.5, 0.6) is 5.75 Å². The van der Waals surface area contributed by atoms with Gasteiger partial charge in [-0.3, -0.25) is 14.5 Å². The first kappa shape index (κ1) is 25.0. The molecule has 4 aromatic rings. The van der Waals surface area contributed by atoms with Crippen molar-refractivity contribution in [3.8, 4) is 5.75 Å². The summed E-state index contributed by atoms with van der Waals surface area (Å²) in [7, 11) is 0. The van der Waals surface area contributed by atoms with Crippen molar-refractivity contribution in [2.45, 2.75) is 26.5 Å². The molecule has 1 fully saturated rings. The van der Waals surface area contributed by atoms with Crippen molar-refractivity contribution in [3.63, 3.8) is 0 Å². The molecule has 1 aliphatic rings. The summed E-state index contributed by atoms with van der Waals surface area (Å²) in [6, 6.07) is 26.8. The van der Waals surface area contributed by atoms with E-state index in [2.05, 4.69) is 0 Å². The molecule has 0 aliphatic carbocycles. The van der Waals surface area contributed by atoms with Gasteiger partial charge < -0.3 is 9.84 Å². The minimum atomic E-state index is -0.880. The van der Waals surface area contributed by atoms with Gasteiger partial charge in [-0.25, -0.2) is 4.39 Å². The van der Waals surface area contributed by atoms with Gasteiger partial charge in [0.15, 0.2) is 0 Å². The number of hydrogen-bond acceptors (Lipinski definition) is 4. The number of ketones is 1. The molecule has 6 heteroatoms. The second-order valence-corrected chi connectivity index (χ2v) is 9.31. The number of Topliss-reactive ketones (excluding diaryl/α,β-unsaturated/α-hetero) is 1. The molecule has 1 aliphatic heterocycles. The molecule has 1 saturated heterocycles. The van der Waals surface area contributed by atoms with E-state index in [0.717, 1.165) is 16.7 Å². The summed E-state index contributed by atoms with van der Waals surface area (Å²) >= 11 is 0. The van der Waals surface area contributed by atoms with Crippen LogP contribution in [0.4, 0.5) is 10.1 Å². The summed E-state index contributed by atoms with van der Waals surface area (Å²) in [6.45, 7) is 4.15. The van der Waals surface area contributed by atoms with Crippen molar-refractivity contribution >= 4 is 23.1 Å². The van der Waals surface area contributed by atoms with Crippen LogP contribution in [0.1, 0.15) is 33.9 Å². The molecule has 1 atom stereocenters. The number of anilines is 1. The fourth-order valence-electron chi connectivity index (χ4n) is 4.71. The third kappa shape index (κ3) is 4.81. The molecule has 0 radical (unpaired) electrons. The number of ether oxygens (including phenoxy) is 1. The second kappa shape index (κ2) is 10.3. The number of benzene rings is 4. The molecule has 5 nitrogen and oxygen atoms in total. The minimum Gasteiger partial charge on any atom is -0.507 e. The Morgan fingerprint density at radius 2 is 1.63 bits per heavy atom. The lowest BCUT2D eigenvalue weighted by Gasteiger charge is -2.25. The first-order valence-electron chi connectivity index (χ1n) is 12.2. The quantitative estimate of drug-likeness (QED) is 0.180. The molecule has 0 saturated carbocycles. The molecule has 1 amide bonds. The van der Waals surface area contributed by atoms with Crippen molar-refractivity contribution in [2.24, 2.45) is 0 Å². The topological polar surface area (TPSA) is 66.8 Å². The Balaban J connectivity index is 1.56. The number of carbonyl (C=O) groups is 2. The number of amides is 1. The Morgan fingerprint density at radius 1 is 0.895 bits per heavy atom. The van der Waals surface area contributed by atoms with E-state index in [1.54, 1.807) is 24.3 Å². The standard InChI is InChI=1S/C32H26FNO4/c1-20-7-6-10-23(17-20)29-28(31(36)32(37)34(29)26-14-12-25(33)13-15-26)30(35)24-11-16-27(21(2)18-24)38-19-22-8-4-3-5-9-22/h3-18,29,35H,19H2,1-2H3/b30-28-. The molecule has 0 bridgehead atoms. The lowest BCUT2D eigenvalue weighted by Crippen LogP contribution is -2.29. The molecule has 0 aromatic heterocycles. The third-order valence-corrected chi connectivity index (χ3v) is 6.59. The Hall–Kier alpha value is -4.71. The summed E-state index contributed by atoms with van der Waals surface area (Å²) in [5, 5.41) is 11.4. The molecule has 5 rings (SSSR count). The van der Waals surface area contributed by atoms with E-state index in [9.17, 15) is 19.1 Å².